The first-order valence-corrected chi connectivity index (χ1v) is 18.6. The SMILES string of the molecule is C=C(N=C(N=C(C)c1ccc(-n2c3c4ccccc4c4ccccc4c3c3c2c2ccccc2n3-c2ccccc2)cc1)c1ccccc1)c1ccccc1. The standard InChI is InChI=1S/C51H36N4/c1-34(36-18-6-3-7-19-36)52-51(38-20-8-4-9-21-38)53-35(2)37-30-32-40(33-31-37)55-48-44-27-15-13-25-42(44)41-24-12-14-26-43(41)47(48)50-49(55)45-28-16-17-29-46(45)54(50)39-22-10-5-11-23-39/h3-33H,1H2,2H3. The Bertz CT molecular complexity index is 3130. The van der Waals surface area contributed by atoms with Crippen molar-refractivity contribution >= 4 is 71.6 Å². The lowest BCUT2D eigenvalue weighted by Gasteiger charge is -2.14. The van der Waals surface area contributed by atoms with Crippen LogP contribution in [0, 0.1) is 0 Å². The number of aliphatic imine (C=N–C) groups is 2. The summed E-state index contributed by atoms with van der Waals surface area (Å²) < 4.78 is 4.93. The van der Waals surface area contributed by atoms with Crippen molar-refractivity contribution in [3.05, 3.63) is 211 Å². The molecule has 4 heteroatoms. The van der Waals surface area contributed by atoms with Crippen molar-refractivity contribution in [3.8, 4) is 11.4 Å². The van der Waals surface area contributed by atoms with Gasteiger partial charge in [0, 0.05) is 38.8 Å². The van der Waals surface area contributed by atoms with Gasteiger partial charge in [0.25, 0.3) is 0 Å². The van der Waals surface area contributed by atoms with Crippen molar-refractivity contribution in [1.82, 2.24) is 9.13 Å². The number of rotatable bonds is 6. The summed E-state index contributed by atoms with van der Waals surface area (Å²) in [4.78, 5) is 10.1. The Kier molecular flexibility index (Phi) is 7.81. The average Bonchev–Trinajstić information content (AvgIpc) is 3.78. The molecule has 8 aromatic carbocycles. The van der Waals surface area contributed by atoms with E-state index in [0.717, 1.165) is 33.8 Å². The molecule has 260 valence electrons. The maximum Gasteiger partial charge on any atom is 0.160 e. The second-order valence-electron chi connectivity index (χ2n) is 13.9. The molecule has 0 aliphatic carbocycles. The van der Waals surface area contributed by atoms with E-state index in [1.807, 2.05) is 60.7 Å². The number of hydrogen-bond acceptors (Lipinski definition) is 1. The largest absolute Gasteiger partial charge is 0.307 e. The lowest BCUT2D eigenvalue weighted by atomic mass is 9.97. The fourth-order valence-electron chi connectivity index (χ4n) is 8.13. The van der Waals surface area contributed by atoms with E-state index in [9.17, 15) is 0 Å². The summed E-state index contributed by atoms with van der Waals surface area (Å²) in [5, 5.41) is 7.41. The van der Waals surface area contributed by atoms with E-state index in [4.69, 9.17) is 9.98 Å². The van der Waals surface area contributed by atoms with Gasteiger partial charge in [-0.1, -0.05) is 164 Å². The minimum Gasteiger partial charge on any atom is -0.307 e. The maximum absolute atomic E-state index is 5.12. The van der Waals surface area contributed by atoms with Gasteiger partial charge in [-0.15, -0.1) is 0 Å². The third-order valence-electron chi connectivity index (χ3n) is 10.6. The van der Waals surface area contributed by atoms with E-state index in [1.165, 1.54) is 54.4 Å². The molecule has 0 saturated heterocycles. The molecule has 4 nitrogen and oxygen atoms in total. The lowest BCUT2D eigenvalue weighted by Crippen LogP contribution is -2.04. The van der Waals surface area contributed by atoms with Gasteiger partial charge in [0.1, 0.15) is 0 Å². The molecule has 0 aliphatic rings. The second kappa shape index (κ2) is 13.3. The Morgan fingerprint density at radius 3 is 1.58 bits per heavy atom. The molecule has 2 heterocycles. The molecule has 10 aromatic rings. The molecular formula is C51H36N4. The fraction of sp³-hybridized carbons (Fsp3) is 0.0196. The molecule has 0 bridgehead atoms. The second-order valence-corrected chi connectivity index (χ2v) is 13.9. The molecule has 0 unspecified atom stereocenters. The molecule has 55 heavy (non-hydrogen) atoms. The van der Waals surface area contributed by atoms with E-state index in [-0.39, 0.29) is 0 Å². The van der Waals surface area contributed by atoms with Crippen LogP contribution in [0.4, 0.5) is 0 Å². The zero-order valence-corrected chi connectivity index (χ0v) is 30.4. The minimum absolute atomic E-state index is 0.626. The van der Waals surface area contributed by atoms with E-state index in [1.54, 1.807) is 0 Å². The van der Waals surface area contributed by atoms with Gasteiger partial charge in [-0.05, 0) is 64.5 Å². The summed E-state index contributed by atoms with van der Waals surface area (Å²) in [6, 6.07) is 66.2. The molecule has 0 N–H and O–H groups in total. The molecule has 0 fully saturated rings. The van der Waals surface area contributed by atoms with Crippen molar-refractivity contribution in [2.75, 3.05) is 0 Å². The molecule has 0 atom stereocenters. The van der Waals surface area contributed by atoms with Crippen LogP contribution in [0.5, 0.6) is 0 Å². The smallest absolute Gasteiger partial charge is 0.160 e. The van der Waals surface area contributed by atoms with Gasteiger partial charge in [0.2, 0.25) is 0 Å². The summed E-state index contributed by atoms with van der Waals surface area (Å²) in [5.74, 6) is 0.626. The molecule has 0 radical (unpaired) electrons. The number of nitrogens with zero attached hydrogens (tertiary/aromatic N) is 4. The molecular weight excluding hydrogens is 669 g/mol. The van der Waals surface area contributed by atoms with Gasteiger partial charge in [-0.25, -0.2) is 9.98 Å². The Morgan fingerprint density at radius 1 is 0.400 bits per heavy atom. The summed E-state index contributed by atoms with van der Waals surface area (Å²) in [6.45, 7) is 6.33. The van der Waals surface area contributed by atoms with Gasteiger partial charge in [-0.3, -0.25) is 0 Å². The number of fused-ring (bicyclic) bond motifs is 10. The van der Waals surface area contributed by atoms with Gasteiger partial charge < -0.3 is 9.13 Å². The third-order valence-corrected chi connectivity index (χ3v) is 10.6. The van der Waals surface area contributed by atoms with Crippen molar-refractivity contribution in [1.29, 1.82) is 0 Å². The number of para-hydroxylation sites is 2. The van der Waals surface area contributed by atoms with Crippen molar-refractivity contribution in [3.63, 3.8) is 0 Å². The van der Waals surface area contributed by atoms with E-state index in [2.05, 4.69) is 150 Å². The third kappa shape index (κ3) is 5.38. The highest BCUT2D eigenvalue weighted by molar-refractivity contribution is 6.34. The highest BCUT2D eigenvalue weighted by atomic mass is 15.1. The molecule has 10 rings (SSSR count). The highest BCUT2D eigenvalue weighted by Gasteiger charge is 2.25. The van der Waals surface area contributed by atoms with Crippen LogP contribution in [-0.2, 0) is 0 Å². The van der Waals surface area contributed by atoms with Crippen LogP contribution in [0.2, 0.25) is 0 Å². The van der Waals surface area contributed by atoms with Crippen LogP contribution in [0.25, 0.3) is 71.5 Å². The fourth-order valence-corrected chi connectivity index (χ4v) is 8.13. The van der Waals surface area contributed by atoms with Crippen LogP contribution in [0.3, 0.4) is 0 Å². The molecule has 0 saturated carbocycles. The predicted molar refractivity (Wildman–Crippen MR) is 233 cm³/mol. The Morgan fingerprint density at radius 2 is 0.909 bits per heavy atom. The van der Waals surface area contributed by atoms with Gasteiger partial charge >= 0.3 is 0 Å². The summed E-state index contributed by atoms with van der Waals surface area (Å²) in [5.41, 5.74) is 11.5. The van der Waals surface area contributed by atoms with Crippen LogP contribution in [0.1, 0.15) is 23.6 Å². The quantitative estimate of drug-likeness (QED) is 0.0938. The number of amidine groups is 1. The minimum atomic E-state index is 0.626. The predicted octanol–water partition coefficient (Wildman–Crippen LogP) is 13.0. The Labute approximate surface area is 319 Å². The van der Waals surface area contributed by atoms with Crippen LogP contribution >= 0.6 is 0 Å². The van der Waals surface area contributed by atoms with Crippen LogP contribution in [0.15, 0.2) is 205 Å². The molecule has 2 aromatic heterocycles. The highest BCUT2D eigenvalue weighted by Crippen LogP contribution is 2.46. The van der Waals surface area contributed by atoms with Crippen LogP contribution < -0.4 is 0 Å². The normalized spacial score (nSPS) is 12.4. The summed E-state index contributed by atoms with van der Waals surface area (Å²) in [7, 11) is 0. The number of hydrogen-bond donors (Lipinski definition) is 0. The maximum atomic E-state index is 5.12. The first kappa shape index (κ1) is 32.4. The number of aromatic nitrogens is 2. The summed E-state index contributed by atoms with van der Waals surface area (Å²) >= 11 is 0. The van der Waals surface area contributed by atoms with E-state index < -0.39 is 0 Å². The Balaban J connectivity index is 1.21. The summed E-state index contributed by atoms with van der Waals surface area (Å²) in [6.07, 6.45) is 0. The average molecular weight is 705 g/mol. The van der Waals surface area contributed by atoms with Gasteiger partial charge in [-0.2, -0.15) is 0 Å². The first-order chi connectivity index (χ1) is 27.2. The first-order valence-electron chi connectivity index (χ1n) is 18.6. The van der Waals surface area contributed by atoms with Crippen LogP contribution in [-0.4, -0.2) is 20.7 Å². The molecule has 0 spiro atoms. The van der Waals surface area contributed by atoms with Crippen molar-refractivity contribution in [2.24, 2.45) is 9.98 Å². The zero-order chi connectivity index (χ0) is 36.9. The monoisotopic (exact) mass is 704 g/mol. The van der Waals surface area contributed by atoms with Gasteiger partial charge in [0.05, 0.1) is 27.8 Å². The topological polar surface area (TPSA) is 34.6 Å². The Hall–Kier alpha value is -7.30. The zero-order valence-electron chi connectivity index (χ0n) is 30.4. The molecule has 0 aliphatic heterocycles. The molecule has 0 amide bonds. The van der Waals surface area contributed by atoms with Crippen molar-refractivity contribution in [2.45, 2.75) is 6.92 Å². The lowest BCUT2D eigenvalue weighted by molar-refractivity contribution is 1.18. The number of benzene rings is 8. The van der Waals surface area contributed by atoms with Crippen molar-refractivity contribution < 1.29 is 0 Å². The van der Waals surface area contributed by atoms with Gasteiger partial charge in [0.15, 0.2) is 5.84 Å². The van der Waals surface area contributed by atoms with E-state index in [0.29, 0.717) is 11.5 Å². The van der Waals surface area contributed by atoms with E-state index >= 15 is 0 Å².